The van der Waals surface area contributed by atoms with Crippen LogP contribution in [0, 0.1) is 6.92 Å². The third-order valence-electron chi connectivity index (χ3n) is 1.64. The second-order valence-electron chi connectivity index (χ2n) is 2.65. The van der Waals surface area contributed by atoms with Crippen molar-refractivity contribution in [3.8, 4) is 0 Å². The first-order valence-electron chi connectivity index (χ1n) is 3.70. The van der Waals surface area contributed by atoms with Gasteiger partial charge >= 0.3 is 0 Å². The summed E-state index contributed by atoms with van der Waals surface area (Å²) in [7, 11) is 0. The minimum absolute atomic E-state index is 0.417. The molecule has 0 aliphatic heterocycles. The number of hydrogen-bond acceptors (Lipinski definition) is 4. The van der Waals surface area contributed by atoms with Crippen LogP contribution in [-0.2, 0) is 0 Å². The van der Waals surface area contributed by atoms with Crippen LogP contribution < -0.4 is 5.73 Å². The maximum atomic E-state index is 5.51. The maximum Gasteiger partial charge on any atom is 0.127 e. The number of fused-ring (bicyclic) bond motifs is 1. The number of rotatable bonds is 1. The van der Waals surface area contributed by atoms with Gasteiger partial charge in [-0.15, -0.1) is 11.3 Å². The van der Waals surface area contributed by atoms with Crippen LogP contribution in [0.25, 0.3) is 10.2 Å². The zero-order valence-electron chi connectivity index (χ0n) is 6.94. The first-order valence-corrected chi connectivity index (χ1v) is 4.92. The molecule has 66 valence electrons. The third kappa shape index (κ3) is 1.52. The largest absolute Gasteiger partial charge is 0.389 e. The van der Waals surface area contributed by atoms with E-state index in [4.69, 9.17) is 18.0 Å². The van der Waals surface area contributed by atoms with Gasteiger partial charge in [-0.05, 0) is 13.0 Å². The second-order valence-corrected chi connectivity index (χ2v) is 4.12. The summed E-state index contributed by atoms with van der Waals surface area (Å²) in [5.41, 5.74) is 5.51. The maximum absolute atomic E-state index is 5.51. The van der Waals surface area contributed by atoms with Crippen molar-refractivity contribution >= 4 is 38.8 Å². The van der Waals surface area contributed by atoms with Gasteiger partial charge in [0.15, 0.2) is 0 Å². The van der Waals surface area contributed by atoms with E-state index in [1.54, 1.807) is 6.20 Å². The van der Waals surface area contributed by atoms with Crippen molar-refractivity contribution in [2.75, 3.05) is 0 Å². The molecule has 0 aromatic carbocycles. The Morgan fingerprint density at radius 1 is 1.62 bits per heavy atom. The predicted molar refractivity (Wildman–Crippen MR) is 58.0 cm³/mol. The second kappa shape index (κ2) is 3.01. The molecule has 0 radical (unpaired) electrons. The lowest BCUT2D eigenvalue weighted by molar-refractivity contribution is 1.10. The number of nitrogens with two attached hydrogens (primary N) is 1. The van der Waals surface area contributed by atoms with Gasteiger partial charge in [0, 0.05) is 11.6 Å². The highest BCUT2D eigenvalue weighted by Crippen LogP contribution is 2.22. The van der Waals surface area contributed by atoms with E-state index >= 15 is 0 Å². The van der Waals surface area contributed by atoms with E-state index in [9.17, 15) is 0 Å². The Kier molecular flexibility index (Phi) is 1.97. The number of nitrogens with zero attached hydrogens (tertiary/aromatic N) is 2. The summed E-state index contributed by atoms with van der Waals surface area (Å²) in [5.74, 6) is 0.767. The average molecular weight is 209 g/mol. The summed E-state index contributed by atoms with van der Waals surface area (Å²) in [6, 6.07) is 1.92. The molecule has 2 heterocycles. The third-order valence-corrected chi connectivity index (χ3v) is 3.06. The van der Waals surface area contributed by atoms with E-state index in [1.807, 2.05) is 13.0 Å². The molecule has 0 aliphatic rings. The minimum Gasteiger partial charge on any atom is -0.389 e. The van der Waals surface area contributed by atoms with Crippen LogP contribution >= 0.6 is 23.6 Å². The van der Waals surface area contributed by atoms with Gasteiger partial charge in [0.25, 0.3) is 0 Å². The van der Waals surface area contributed by atoms with E-state index in [2.05, 4.69) is 9.97 Å². The van der Waals surface area contributed by atoms with Crippen LogP contribution in [0.1, 0.15) is 10.7 Å². The summed E-state index contributed by atoms with van der Waals surface area (Å²) in [5, 5.41) is 0.999. The van der Waals surface area contributed by atoms with Crippen molar-refractivity contribution in [1.29, 1.82) is 0 Å². The number of aromatic nitrogens is 2. The van der Waals surface area contributed by atoms with Gasteiger partial charge in [-0.2, -0.15) is 0 Å². The first kappa shape index (κ1) is 8.52. The lowest BCUT2D eigenvalue weighted by Gasteiger charge is -1.88. The van der Waals surface area contributed by atoms with Gasteiger partial charge in [-0.1, -0.05) is 12.2 Å². The fourth-order valence-corrected chi connectivity index (χ4v) is 2.12. The summed E-state index contributed by atoms with van der Waals surface area (Å²) < 4.78 is 0. The highest BCUT2D eigenvalue weighted by molar-refractivity contribution is 7.81. The molecule has 0 amide bonds. The number of hydrogen-bond donors (Lipinski definition) is 1. The topological polar surface area (TPSA) is 51.8 Å². The smallest absolute Gasteiger partial charge is 0.127 e. The van der Waals surface area contributed by atoms with Gasteiger partial charge in [-0.3, -0.25) is 0 Å². The van der Waals surface area contributed by atoms with E-state index in [-0.39, 0.29) is 0 Å². The SMILES string of the molecule is Cc1ncc2cc(C(N)=S)sc2n1. The van der Waals surface area contributed by atoms with Gasteiger partial charge in [0.1, 0.15) is 15.6 Å². The van der Waals surface area contributed by atoms with Crippen molar-refractivity contribution in [2.45, 2.75) is 6.92 Å². The molecular formula is C8H7N3S2. The number of thiocarbonyl (C=S) groups is 1. The predicted octanol–water partition coefficient (Wildman–Crippen LogP) is 1.63. The van der Waals surface area contributed by atoms with Gasteiger partial charge in [0.05, 0.1) is 4.88 Å². The van der Waals surface area contributed by atoms with Crippen molar-refractivity contribution in [2.24, 2.45) is 5.73 Å². The molecule has 2 rings (SSSR count). The van der Waals surface area contributed by atoms with E-state index in [0.717, 1.165) is 20.9 Å². The fraction of sp³-hybridized carbons (Fsp3) is 0.125. The van der Waals surface area contributed by atoms with Crippen LogP contribution in [0.3, 0.4) is 0 Å². The molecule has 13 heavy (non-hydrogen) atoms. The normalized spacial score (nSPS) is 10.5. The zero-order valence-corrected chi connectivity index (χ0v) is 8.58. The Balaban J connectivity index is 2.68. The Morgan fingerprint density at radius 2 is 2.38 bits per heavy atom. The summed E-state index contributed by atoms with van der Waals surface area (Å²) in [6.45, 7) is 1.86. The molecule has 0 atom stereocenters. The summed E-state index contributed by atoms with van der Waals surface area (Å²) >= 11 is 6.38. The Morgan fingerprint density at radius 3 is 3.08 bits per heavy atom. The fourth-order valence-electron chi connectivity index (χ4n) is 1.04. The molecule has 2 aromatic heterocycles. The minimum atomic E-state index is 0.417. The van der Waals surface area contributed by atoms with Crippen molar-refractivity contribution in [1.82, 2.24) is 9.97 Å². The van der Waals surface area contributed by atoms with E-state index in [1.165, 1.54) is 11.3 Å². The lowest BCUT2D eigenvalue weighted by atomic mass is 10.3. The van der Waals surface area contributed by atoms with Crippen molar-refractivity contribution in [3.05, 3.63) is 23.0 Å². The van der Waals surface area contributed by atoms with Crippen molar-refractivity contribution in [3.63, 3.8) is 0 Å². The Bertz CT molecular complexity index is 475. The first-order chi connectivity index (χ1) is 6.16. The molecule has 3 nitrogen and oxygen atoms in total. The van der Waals surface area contributed by atoms with Crippen LogP contribution in [0.2, 0.25) is 0 Å². The molecule has 0 unspecified atom stereocenters. The molecular weight excluding hydrogens is 202 g/mol. The Hall–Kier alpha value is -1.07. The van der Waals surface area contributed by atoms with E-state index < -0.39 is 0 Å². The molecule has 0 aliphatic carbocycles. The summed E-state index contributed by atoms with van der Waals surface area (Å²) in [4.78, 5) is 10.6. The van der Waals surface area contributed by atoms with Crippen molar-refractivity contribution < 1.29 is 0 Å². The number of thiophene rings is 1. The highest BCUT2D eigenvalue weighted by Gasteiger charge is 2.04. The average Bonchev–Trinajstić information content (AvgIpc) is 2.46. The van der Waals surface area contributed by atoms with Crippen LogP contribution in [0.4, 0.5) is 0 Å². The molecule has 2 N–H and O–H groups in total. The molecule has 0 saturated carbocycles. The monoisotopic (exact) mass is 209 g/mol. The highest BCUT2D eigenvalue weighted by atomic mass is 32.1. The molecule has 5 heteroatoms. The van der Waals surface area contributed by atoms with Gasteiger partial charge < -0.3 is 5.73 Å². The van der Waals surface area contributed by atoms with Crippen LogP contribution in [0.15, 0.2) is 12.3 Å². The molecule has 0 fully saturated rings. The van der Waals surface area contributed by atoms with E-state index in [0.29, 0.717) is 4.99 Å². The van der Waals surface area contributed by atoms with Gasteiger partial charge in [0.2, 0.25) is 0 Å². The quantitative estimate of drug-likeness (QED) is 0.725. The van der Waals surface area contributed by atoms with Gasteiger partial charge in [-0.25, -0.2) is 9.97 Å². The number of aryl methyl sites for hydroxylation is 1. The molecule has 0 saturated heterocycles. The molecule has 2 aromatic rings. The van der Waals surface area contributed by atoms with Crippen LogP contribution in [-0.4, -0.2) is 15.0 Å². The van der Waals surface area contributed by atoms with Crippen LogP contribution in [0.5, 0.6) is 0 Å². The lowest BCUT2D eigenvalue weighted by Crippen LogP contribution is -2.06. The zero-order chi connectivity index (χ0) is 9.42. The summed E-state index contributed by atoms with van der Waals surface area (Å²) in [6.07, 6.45) is 1.79. The standard InChI is InChI=1S/C8H7N3S2/c1-4-10-3-5-2-6(7(9)12)13-8(5)11-4/h2-3H,1H3,(H2,9,12). The Labute approximate surface area is 84.6 Å². The molecule has 0 spiro atoms. The molecule has 0 bridgehead atoms.